The molecule has 170 valence electrons. The fourth-order valence-corrected chi connectivity index (χ4v) is 7.79. The maximum atomic E-state index is 13.0. The molecule has 0 N–H and O–H groups in total. The number of carbonyl (C=O) groups excluding carboxylic acids is 1. The van der Waals surface area contributed by atoms with Gasteiger partial charge in [-0.05, 0) is 31.2 Å². The van der Waals surface area contributed by atoms with Crippen LogP contribution >= 0.6 is 22.7 Å². The molecule has 1 saturated heterocycles. The molecule has 0 atom stereocenters. The van der Waals surface area contributed by atoms with Crippen molar-refractivity contribution >= 4 is 48.8 Å². The number of piperidine rings is 1. The van der Waals surface area contributed by atoms with Crippen LogP contribution in [-0.4, -0.2) is 49.5 Å². The molecule has 1 amide bonds. The first-order valence-electron chi connectivity index (χ1n) is 10.5. The van der Waals surface area contributed by atoms with Crippen LogP contribution in [0.5, 0.6) is 11.5 Å². The summed E-state index contributed by atoms with van der Waals surface area (Å²) in [6, 6.07) is 7.24. The van der Waals surface area contributed by atoms with Crippen LogP contribution < -0.4 is 14.3 Å². The fourth-order valence-electron chi connectivity index (χ4n) is 4.06. The summed E-state index contributed by atoms with van der Waals surface area (Å²) >= 11 is 2.66. The van der Waals surface area contributed by atoms with E-state index in [4.69, 9.17) is 9.47 Å². The lowest BCUT2D eigenvalue weighted by Gasteiger charge is -2.29. The molecule has 1 aromatic carbocycles. The number of hydrogen-bond acceptors (Lipinski definition) is 7. The smallest absolute Gasteiger partial charge is 0.252 e. The van der Waals surface area contributed by atoms with Gasteiger partial charge in [0.1, 0.15) is 17.4 Å². The number of thiazole rings is 1. The number of benzene rings is 1. The molecule has 0 saturated carbocycles. The molecule has 0 spiro atoms. The second-order valence-corrected chi connectivity index (χ2v) is 11.8. The molecule has 5 rings (SSSR count). The van der Waals surface area contributed by atoms with Crippen molar-refractivity contribution in [1.82, 2.24) is 8.87 Å². The number of amides is 1. The van der Waals surface area contributed by atoms with Crippen molar-refractivity contribution in [2.24, 2.45) is 10.9 Å². The van der Waals surface area contributed by atoms with Crippen molar-refractivity contribution < 1.29 is 22.7 Å². The van der Waals surface area contributed by atoms with Crippen LogP contribution in [-0.2, 0) is 21.4 Å². The fraction of sp³-hybridized carbons (Fsp3) is 0.429. The average Bonchev–Trinajstić information content (AvgIpc) is 3.46. The lowest BCUT2D eigenvalue weighted by Crippen LogP contribution is -2.40. The molecule has 2 aromatic heterocycles. The van der Waals surface area contributed by atoms with Gasteiger partial charge < -0.3 is 14.0 Å². The summed E-state index contributed by atoms with van der Waals surface area (Å²) < 4.78 is 41.6. The molecule has 32 heavy (non-hydrogen) atoms. The molecular weight excluding hydrogens is 470 g/mol. The zero-order chi connectivity index (χ0) is 22.3. The zero-order valence-electron chi connectivity index (χ0n) is 17.5. The van der Waals surface area contributed by atoms with E-state index in [1.165, 1.54) is 27.0 Å². The minimum absolute atomic E-state index is 0.191. The third kappa shape index (κ3) is 3.87. The molecule has 8 nitrogen and oxygen atoms in total. The molecule has 11 heteroatoms. The van der Waals surface area contributed by atoms with Gasteiger partial charge >= 0.3 is 0 Å². The molecule has 0 radical (unpaired) electrons. The second kappa shape index (κ2) is 8.62. The van der Waals surface area contributed by atoms with Gasteiger partial charge in [-0.3, -0.25) is 4.79 Å². The van der Waals surface area contributed by atoms with E-state index >= 15 is 0 Å². The standard InChI is InChI=1S/C21H23N3O5S3/c1-2-24-15-12-16-17(29-10-9-28-16)13-18(15)31-21(24)22-20(25)14-5-7-23(8-6-14)32(26,27)19-4-3-11-30-19/h3-4,11-14H,2,5-10H2,1H3. The van der Waals surface area contributed by atoms with Crippen molar-refractivity contribution in [3.63, 3.8) is 0 Å². The number of aryl methyl sites for hydroxylation is 1. The predicted molar refractivity (Wildman–Crippen MR) is 123 cm³/mol. The third-order valence-electron chi connectivity index (χ3n) is 5.76. The third-order valence-corrected chi connectivity index (χ3v) is 10.1. The van der Waals surface area contributed by atoms with Gasteiger partial charge in [0, 0.05) is 37.7 Å². The van der Waals surface area contributed by atoms with Gasteiger partial charge in [-0.15, -0.1) is 11.3 Å². The van der Waals surface area contributed by atoms with E-state index in [9.17, 15) is 13.2 Å². The van der Waals surface area contributed by atoms with Crippen molar-refractivity contribution in [3.05, 3.63) is 34.4 Å². The van der Waals surface area contributed by atoms with Crippen LogP contribution in [0.2, 0.25) is 0 Å². The van der Waals surface area contributed by atoms with Crippen LogP contribution in [0.3, 0.4) is 0 Å². The maximum Gasteiger partial charge on any atom is 0.252 e. The number of thiophene rings is 1. The summed E-state index contributed by atoms with van der Waals surface area (Å²) in [7, 11) is -3.48. The SMILES string of the molecule is CCn1c(=NC(=O)C2CCN(S(=O)(=O)c3cccs3)CC2)sc2cc3c(cc21)OCCO3. The first-order chi connectivity index (χ1) is 15.5. The van der Waals surface area contributed by atoms with Gasteiger partial charge in [0.05, 0.1) is 10.2 Å². The average molecular weight is 494 g/mol. The van der Waals surface area contributed by atoms with E-state index in [0.717, 1.165) is 10.2 Å². The monoisotopic (exact) mass is 493 g/mol. The van der Waals surface area contributed by atoms with Gasteiger partial charge in [-0.1, -0.05) is 17.4 Å². The van der Waals surface area contributed by atoms with Crippen LogP contribution in [0.1, 0.15) is 19.8 Å². The van der Waals surface area contributed by atoms with E-state index in [0.29, 0.717) is 66.2 Å². The van der Waals surface area contributed by atoms with Crippen LogP contribution in [0.4, 0.5) is 0 Å². The Morgan fingerprint density at radius 1 is 1.19 bits per heavy atom. The van der Waals surface area contributed by atoms with Crippen LogP contribution in [0.15, 0.2) is 38.8 Å². The number of rotatable bonds is 4. The molecule has 4 heterocycles. The largest absolute Gasteiger partial charge is 0.486 e. The second-order valence-electron chi connectivity index (χ2n) is 7.65. The molecule has 3 aromatic rings. The first kappa shape index (κ1) is 21.6. The highest BCUT2D eigenvalue weighted by molar-refractivity contribution is 7.91. The van der Waals surface area contributed by atoms with E-state index in [-0.39, 0.29) is 11.8 Å². The molecule has 2 aliphatic rings. The molecule has 0 aliphatic carbocycles. The van der Waals surface area contributed by atoms with Crippen molar-refractivity contribution in [3.8, 4) is 11.5 Å². The van der Waals surface area contributed by atoms with Gasteiger partial charge in [0.15, 0.2) is 16.3 Å². The zero-order valence-corrected chi connectivity index (χ0v) is 20.0. The van der Waals surface area contributed by atoms with Crippen LogP contribution in [0, 0.1) is 5.92 Å². The summed E-state index contributed by atoms with van der Waals surface area (Å²) in [5, 5.41) is 1.75. The Kier molecular flexibility index (Phi) is 5.82. The molecule has 2 aliphatic heterocycles. The molecular formula is C21H23N3O5S3. The Bertz CT molecular complexity index is 1320. The van der Waals surface area contributed by atoms with Gasteiger partial charge in [-0.2, -0.15) is 9.30 Å². The van der Waals surface area contributed by atoms with E-state index in [2.05, 4.69) is 4.99 Å². The Labute approximate surface area is 193 Å². The number of aromatic nitrogens is 1. The number of fused-ring (bicyclic) bond motifs is 2. The summed E-state index contributed by atoms with van der Waals surface area (Å²) in [4.78, 5) is 18.1. The number of hydrogen-bond donors (Lipinski definition) is 0. The Morgan fingerprint density at radius 3 is 2.56 bits per heavy atom. The molecule has 1 fully saturated rings. The Hall–Kier alpha value is -2.21. The summed E-state index contributed by atoms with van der Waals surface area (Å²) in [5.41, 5.74) is 0.963. The van der Waals surface area contributed by atoms with Crippen molar-refractivity contribution in [1.29, 1.82) is 0 Å². The van der Waals surface area contributed by atoms with Gasteiger partial charge in [0.25, 0.3) is 15.9 Å². The predicted octanol–water partition coefficient (Wildman–Crippen LogP) is 3.08. The summed E-state index contributed by atoms with van der Waals surface area (Å²) in [6.45, 7) is 4.38. The quantitative estimate of drug-likeness (QED) is 0.557. The van der Waals surface area contributed by atoms with Gasteiger partial charge in [-0.25, -0.2) is 8.42 Å². The number of carbonyl (C=O) groups is 1. The van der Waals surface area contributed by atoms with Gasteiger partial charge in [0.2, 0.25) is 0 Å². The topological polar surface area (TPSA) is 90.2 Å². The number of nitrogens with zero attached hydrogens (tertiary/aromatic N) is 3. The maximum absolute atomic E-state index is 13.0. The highest BCUT2D eigenvalue weighted by Crippen LogP contribution is 2.35. The van der Waals surface area contributed by atoms with E-state index in [1.54, 1.807) is 17.5 Å². The normalized spacial score (nSPS) is 18.3. The number of sulfonamides is 1. The summed E-state index contributed by atoms with van der Waals surface area (Å²) in [5.74, 6) is 0.954. The lowest BCUT2D eigenvalue weighted by atomic mass is 9.98. The van der Waals surface area contributed by atoms with Crippen molar-refractivity contribution in [2.75, 3.05) is 26.3 Å². The van der Waals surface area contributed by atoms with E-state index in [1.807, 2.05) is 23.6 Å². The van der Waals surface area contributed by atoms with Crippen molar-refractivity contribution in [2.45, 2.75) is 30.5 Å². The highest BCUT2D eigenvalue weighted by Gasteiger charge is 2.32. The highest BCUT2D eigenvalue weighted by atomic mass is 32.2. The summed E-state index contributed by atoms with van der Waals surface area (Å²) in [6.07, 6.45) is 0.944. The minimum Gasteiger partial charge on any atom is -0.486 e. The van der Waals surface area contributed by atoms with Crippen LogP contribution in [0.25, 0.3) is 10.2 Å². The van der Waals surface area contributed by atoms with E-state index < -0.39 is 10.0 Å². The Balaban J connectivity index is 1.37. The Morgan fingerprint density at radius 2 is 1.91 bits per heavy atom. The minimum atomic E-state index is -3.48. The lowest BCUT2D eigenvalue weighted by molar-refractivity contribution is -0.122. The first-order valence-corrected chi connectivity index (χ1v) is 13.7. The number of ether oxygens (including phenoxy) is 2. The molecule has 0 bridgehead atoms. The molecule has 0 unspecified atom stereocenters.